The number of benzene rings is 1. The maximum Gasteiger partial charge on any atom is 0.134 e. The highest BCUT2D eigenvalue weighted by Gasteiger charge is 2.56. The number of hydrogen-bond acceptors (Lipinski definition) is 2. The van der Waals surface area contributed by atoms with Crippen LogP contribution in [0.5, 0.6) is 0 Å². The maximum atomic E-state index is 6.52. The van der Waals surface area contributed by atoms with Gasteiger partial charge in [0.25, 0.3) is 0 Å². The zero-order valence-corrected chi connectivity index (χ0v) is 15.4. The molecule has 0 radical (unpaired) electrons. The van der Waals surface area contributed by atoms with Crippen molar-refractivity contribution in [3.05, 3.63) is 35.1 Å². The predicted octanol–water partition coefficient (Wildman–Crippen LogP) is 5.28. The molecule has 0 N–H and O–H groups in total. The lowest BCUT2D eigenvalue weighted by molar-refractivity contribution is -0.0874. The number of rotatable bonds is 1. The largest absolute Gasteiger partial charge is 0.460 e. The molecule has 2 aromatic rings. The number of aryl methyl sites for hydroxylation is 1. The summed E-state index contributed by atoms with van der Waals surface area (Å²) in [4.78, 5) is 2.85. The summed E-state index contributed by atoms with van der Waals surface area (Å²) in [5, 5.41) is 1.37. The second kappa shape index (κ2) is 4.88. The molecule has 24 heavy (non-hydrogen) atoms. The third kappa shape index (κ3) is 1.87. The molecule has 1 aromatic carbocycles. The van der Waals surface area contributed by atoms with Crippen molar-refractivity contribution in [2.24, 2.45) is 11.3 Å². The molecule has 2 saturated heterocycles. The van der Waals surface area contributed by atoms with Crippen LogP contribution in [-0.4, -0.2) is 23.5 Å². The Hall–Kier alpha value is -1.28. The molecule has 6 rings (SSSR count). The van der Waals surface area contributed by atoms with E-state index in [1.807, 2.05) is 0 Å². The van der Waals surface area contributed by atoms with E-state index in [0.29, 0.717) is 23.4 Å². The minimum atomic E-state index is 0.441. The standard InChI is InChI=1S/C22H29NO/c1-5-22(4)11-15-10-18-20-17(9-14(3)23(12-15)21(18)22)16-8-13(2)6-7-19(16)24-20/h6-8,14-15,18,21H,5,9-12H2,1-4H3/t14-,15?,18?,21?,22?/m1/s1. The molecule has 3 fully saturated rings. The van der Waals surface area contributed by atoms with Crippen LogP contribution in [0.25, 0.3) is 11.0 Å². The van der Waals surface area contributed by atoms with Crippen molar-refractivity contribution in [1.82, 2.24) is 4.90 Å². The zero-order chi connectivity index (χ0) is 16.6. The fourth-order valence-corrected chi connectivity index (χ4v) is 6.28. The Morgan fingerprint density at radius 1 is 1.33 bits per heavy atom. The van der Waals surface area contributed by atoms with Crippen LogP contribution < -0.4 is 0 Å². The fourth-order valence-electron chi connectivity index (χ4n) is 6.28. The van der Waals surface area contributed by atoms with Crippen LogP contribution in [0, 0.1) is 18.3 Å². The summed E-state index contributed by atoms with van der Waals surface area (Å²) in [5.41, 5.74) is 4.40. The number of piperidine rings is 2. The molecular formula is C22H29NO. The monoisotopic (exact) mass is 323 g/mol. The normalized spacial score (nSPS) is 40.6. The molecule has 4 heterocycles. The van der Waals surface area contributed by atoms with E-state index >= 15 is 0 Å². The minimum absolute atomic E-state index is 0.441. The Balaban J connectivity index is 1.73. The second-order valence-electron chi connectivity index (χ2n) is 9.06. The van der Waals surface area contributed by atoms with E-state index in [-0.39, 0.29) is 0 Å². The zero-order valence-electron chi connectivity index (χ0n) is 15.4. The van der Waals surface area contributed by atoms with E-state index in [0.717, 1.165) is 17.9 Å². The molecular weight excluding hydrogens is 294 g/mol. The molecule has 1 aliphatic carbocycles. The van der Waals surface area contributed by atoms with Crippen molar-refractivity contribution >= 4 is 11.0 Å². The second-order valence-corrected chi connectivity index (χ2v) is 9.06. The van der Waals surface area contributed by atoms with Gasteiger partial charge in [0.05, 0.1) is 0 Å². The van der Waals surface area contributed by atoms with Crippen molar-refractivity contribution < 1.29 is 4.42 Å². The topological polar surface area (TPSA) is 16.4 Å². The summed E-state index contributed by atoms with van der Waals surface area (Å²) >= 11 is 0. The molecule has 1 aromatic heterocycles. The number of fused-ring (bicyclic) bond motifs is 4. The first-order valence-electron chi connectivity index (χ1n) is 9.78. The van der Waals surface area contributed by atoms with Gasteiger partial charge >= 0.3 is 0 Å². The third-order valence-corrected chi connectivity index (χ3v) is 7.45. The quantitative estimate of drug-likeness (QED) is 0.710. The molecule has 3 aliphatic heterocycles. The molecule has 5 unspecified atom stereocenters. The van der Waals surface area contributed by atoms with Crippen molar-refractivity contribution in [2.75, 3.05) is 6.54 Å². The first-order chi connectivity index (χ1) is 11.5. The van der Waals surface area contributed by atoms with Gasteiger partial charge in [0.1, 0.15) is 11.3 Å². The number of hydrogen-bond donors (Lipinski definition) is 0. The van der Waals surface area contributed by atoms with Crippen molar-refractivity contribution in [3.63, 3.8) is 0 Å². The smallest absolute Gasteiger partial charge is 0.134 e. The van der Waals surface area contributed by atoms with E-state index in [4.69, 9.17) is 4.42 Å². The van der Waals surface area contributed by atoms with Crippen molar-refractivity contribution in [3.8, 4) is 0 Å². The molecule has 2 heteroatoms. The first kappa shape index (κ1) is 15.0. The first-order valence-corrected chi connectivity index (χ1v) is 9.78. The summed E-state index contributed by atoms with van der Waals surface area (Å²) in [5.74, 6) is 2.77. The highest BCUT2D eigenvalue weighted by molar-refractivity contribution is 5.83. The number of furan rings is 1. The average molecular weight is 323 g/mol. The Kier molecular flexibility index (Phi) is 3.05. The van der Waals surface area contributed by atoms with Gasteiger partial charge in [0.15, 0.2) is 0 Å². The molecule has 4 bridgehead atoms. The average Bonchev–Trinajstić information content (AvgIpc) is 2.88. The van der Waals surface area contributed by atoms with Gasteiger partial charge in [-0.25, -0.2) is 0 Å². The Labute approximate surface area is 145 Å². The van der Waals surface area contributed by atoms with Gasteiger partial charge in [0, 0.05) is 35.5 Å². The van der Waals surface area contributed by atoms with E-state index in [2.05, 4.69) is 50.8 Å². The molecule has 128 valence electrons. The van der Waals surface area contributed by atoms with Gasteiger partial charge < -0.3 is 4.42 Å². The maximum absolute atomic E-state index is 6.52. The molecule has 6 atom stereocenters. The summed E-state index contributed by atoms with van der Waals surface area (Å²) in [6.45, 7) is 10.9. The van der Waals surface area contributed by atoms with Crippen molar-refractivity contribution in [2.45, 2.75) is 71.4 Å². The highest BCUT2D eigenvalue weighted by atomic mass is 16.3. The van der Waals surface area contributed by atoms with E-state index in [9.17, 15) is 0 Å². The van der Waals surface area contributed by atoms with Crippen LogP contribution in [0.1, 0.15) is 62.8 Å². The van der Waals surface area contributed by atoms with Gasteiger partial charge in [-0.2, -0.15) is 0 Å². The van der Waals surface area contributed by atoms with Gasteiger partial charge in [-0.15, -0.1) is 0 Å². The van der Waals surface area contributed by atoms with Gasteiger partial charge in [-0.1, -0.05) is 25.5 Å². The van der Waals surface area contributed by atoms with Gasteiger partial charge in [0.2, 0.25) is 0 Å². The highest BCUT2D eigenvalue weighted by Crippen LogP contribution is 2.57. The molecule has 1 saturated carbocycles. The molecule has 0 spiro atoms. The fraction of sp³-hybridized carbons (Fsp3) is 0.636. The minimum Gasteiger partial charge on any atom is -0.460 e. The third-order valence-electron chi connectivity index (χ3n) is 7.45. The molecule has 2 nitrogen and oxygen atoms in total. The van der Waals surface area contributed by atoms with Crippen LogP contribution in [0.4, 0.5) is 0 Å². The van der Waals surface area contributed by atoms with Crippen molar-refractivity contribution in [1.29, 1.82) is 0 Å². The SMILES string of the molecule is CCC1(C)CC2CC3c4oc5ccc(C)cc5c4C[C@@H](C)N(C2)C31. The lowest BCUT2D eigenvalue weighted by Gasteiger charge is -2.59. The van der Waals surface area contributed by atoms with E-state index < -0.39 is 0 Å². The Bertz CT molecular complexity index is 806. The molecule has 0 amide bonds. The van der Waals surface area contributed by atoms with E-state index in [1.54, 1.807) is 0 Å². The Morgan fingerprint density at radius 3 is 2.96 bits per heavy atom. The lowest BCUT2D eigenvalue weighted by atomic mass is 9.57. The predicted molar refractivity (Wildman–Crippen MR) is 98.5 cm³/mol. The van der Waals surface area contributed by atoms with Gasteiger partial charge in [-0.05, 0) is 63.0 Å². The van der Waals surface area contributed by atoms with E-state index in [1.165, 1.54) is 48.1 Å². The Morgan fingerprint density at radius 2 is 2.17 bits per heavy atom. The molecule has 4 aliphatic rings. The van der Waals surface area contributed by atoms with Crippen LogP contribution >= 0.6 is 0 Å². The van der Waals surface area contributed by atoms with Crippen LogP contribution in [0.2, 0.25) is 0 Å². The van der Waals surface area contributed by atoms with Crippen LogP contribution in [0.15, 0.2) is 22.6 Å². The van der Waals surface area contributed by atoms with Crippen LogP contribution in [0.3, 0.4) is 0 Å². The lowest BCUT2D eigenvalue weighted by Crippen LogP contribution is -2.62. The summed E-state index contributed by atoms with van der Waals surface area (Å²) in [6, 6.07) is 7.98. The summed E-state index contributed by atoms with van der Waals surface area (Å²) in [6.07, 6.45) is 5.16. The van der Waals surface area contributed by atoms with Gasteiger partial charge in [-0.3, -0.25) is 4.90 Å². The number of nitrogens with zero attached hydrogens (tertiary/aromatic N) is 1. The summed E-state index contributed by atoms with van der Waals surface area (Å²) in [7, 11) is 0. The van der Waals surface area contributed by atoms with Crippen LogP contribution in [-0.2, 0) is 6.42 Å². The summed E-state index contributed by atoms with van der Waals surface area (Å²) < 4.78 is 6.52.